The van der Waals surface area contributed by atoms with Crippen molar-refractivity contribution in [2.45, 2.75) is 64.6 Å². The summed E-state index contributed by atoms with van der Waals surface area (Å²) in [6.07, 6.45) is 7.40. The SMILES string of the molecule is CC(C)(C)n1cc(CNC2CCCC2)nn1. The first-order chi connectivity index (χ1) is 7.55. The molecule has 2 rings (SSSR count). The maximum atomic E-state index is 4.19. The average Bonchev–Trinajstić information content (AvgIpc) is 2.85. The summed E-state index contributed by atoms with van der Waals surface area (Å²) < 4.78 is 1.93. The Kier molecular flexibility index (Phi) is 3.28. The van der Waals surface area contributed by atoms with Crippen molar-refractivity contribution < 1.29 is 0 Å². The van der Waals surface area contributed by atoms with E-state index in [9.17, 15) is 0 Å². The number of nitrogens with one attached hydrogen (secondary N) is 1. The molecule has 0 bridgehead atoms. The van der Waals surface area contributed by atoms with E-state index in [0.717, 1.165) is 12.2 Å². The van der Waals surface area contributed by atoms with Crippen LogP contribution in [-0.4, -0.2) is 21.0 Å². The van der Waals surface area contributed by atoms with Crippen molar-refractivity contribution in [2.24, 2.45) is 0 Å². The van der Waals surface area contributed by atoms with Gasteiger partial charge in [0, 0.05) is 12.6 Å². The van der Waals surface area contributed by atoms with Gasteiger partial charge in [-0.3, -0.25) is 0 Å². The molecule has 0 aliphatic heterocycles. The molecule has 0 aromatic carbocycles. The van der Waals surface area contributed by atoms with Crippen LogP contribution in [0.2, 0.25) is 0 Å². The fourth-order valence-electron chi connectivity index (χ4n) is 2.09. The summed E-state index contributed by atoms with van der Waals surface area (Å²) in [5, 5.41) is 11.9. The average molecular weight is 222 g/mol. The summed E-state index contributed by atoms with van der Waals surface area (Å²) in [5.74, 6) is 0. The Bertz CT molecular complexity index is 331. The maximum absolute atomic E-state index is 4.19. The molecule has 1 aliphatic rings. The van der Waals surface area contributed by atoms with Gasteiger partial charge in [0.25, 0.3) is 0 Å². The van der Waals surface area contributed by atoms with Crippen molar-refractivity contribution in [1.82, 2.24) is 20.3 Å². The predicted molar refractivity (Wildman–Crippen MR) is 64.1 cm³/mol. The zero-order valence-corrected chi connectivity index (χ0v) is 10.5. The van der Waals surface area contributed by atoms with Crippen LogP contribution in [0.3, 0.4) is 0 Å². The van der Waals surface area contributed by atoms with Crippen molar-refractivity contribution in [1.29, 1.82) is 0 Å². The standard InChI is InChI=1S/C12H22N4/c1-12(2,3)16-9-11(14-15-16)8-13-10-6-4-5-7-10/h9-10,13H,4-8H2,1-3H3. The predicted octanol–water partition coefficient (Wildman–Crippen LogP) is 2.07. The van der Waals surface area contributed by atoms with Gasteiger partial charge in [0.2, 0.25) is 0 Å². The first-order valence-electron chi connectivity index (χ1n) is 6.21. The van der Waals surface area contributed by atoms with Crippen LogP contribution < -0.4 is 5.32 Å². The van der Waals surface area contributed by atoms with E-state index in [1.165, 1.54) is 25.7 Å². The monoisotopic (exact) mass is 222 g/mol. The molecule has 1 aromatic heterocycles. The fourth-order valence-corrected chi connectivity index (χ4v) is 2.09. The van der Waals surface area contributed by atoms with Crippen LogP contribution in [0.25, 0.3) is 0 Å². The third kappa shape index (κ3) is 2.82. The molecule has 0 amide bonds. The van der Waals surface area contributed by atoms with Gasteiger partial charge in [-0.25, -0.2) is 4.68 Å². The number of rotatable bonds is 3. The van der Waals surface area contributed by atoms with E-state index in [0.29, 0.717) is 6.04 Å². The second-order valence-corrected chi connectivity index (χ2v) is 5.69. The van der Waals surface area contributed by atoms with Crippen LogP contribution in [0.1, 0.15) is 52.1 Å². The topological polar surface area (TPSA) is 42.7 Å². The molecule has 1 fully saturated rings. The largest absolute Gasteiger partial charge is 0.308 e. The van der Waals surface area contributed by atoms with E-state index in [2.05, 4.69) is 36.4 Å². The number of hydrogen-bond donors (Lipinski definition) is 1. The first kappa shape index (κ1) is 11.6. The second-order valence-electron chi connectivity index (χ2n) is 5.69. The van der Waals surface area contributed by atoms with Crippen molar-refractivity contribution >= 4 is 0 Å². The minimum Gasteiger partial charge on any atom is -0.308 e. The summed E-state index contributed by atoms with van der Waals surface area (Å²) >= 11 is 0. The highest BCUT2D eigenvalue weighted by molar-refractivity contribution is 4.95. The molecule has 90 valence electrons. The third-order valence-electron chi connectivity index (χ3n) is 3.16. The third-order valence-corrected chi connectivity index (χ3v) is 3.16. The van der Waals surface area contributed by atoms with Gasteiger partial charge in [-0.15, -0.1) is 5.10 Å². The highest BCUT2D eigenvalue weighted by atomic mass is 15.4. The molecule has 4 heteroatoms. The van der Waals surface area contributed by atoms with Crippen molar-refractivity contribution in [3.8, 4) is 0 Å². The van der Waals surface area contributed by atoms with Crippen LogP contribution in [0.4, 0.5) is 0 Å². The minimum absolute atomic E-state index is 0.0264. The van der Waals surface area contributed by atoms with E-state index in [-0.39, 0.29) is 5.54 Å². The van der Waals surface area contributed by atoms with E-state index >= 15 is 0 Å². The zero-order valence-electron chi connectivity index (χ0n) is 10.5. The quantitative estimate of drug-likeness (QED) is 0.851. The van der Waals surface area contributed by atoms with E-state index in [1.807, 2.05) is 10.9 Å². The molecule has 4 nitrogen and oxygen atoms in total. The van der Waals surface area contributed by atoms with Gasteiger partial charge < -0.3 is 5.32 Å². The summed E-state index contributed by atoms with van der Waals surface area (Å²) in [7, 11) is 0. The van der Waals surface area contributed by atoms with Gasteiger partial charge in [0.05, 0.1) is 17.4 Å². The molecule has 1 heterocycles. The Labute approximate surface area is 97.4 Å². The van der Waals surface area contributed by atoms with Gasteiger partial charge in [0.15, 0.2) is 0 Å². The van der Waals surface area contributed by atoms with E-state index in [4.69, 9.17) is 0 Å². The molecule has 1 saturated carbocycles. The zero-order chi connectivity index (χ0) is 11.6. The lowest BCUT2D eigenvalue weighted by Gasteiger charge is -2.17. The van der Waals surface area contributed by atoms with E-state index in [1.54, 1.807) is 0 Å². The summed E-state index contributed by atoms with van der Waals surface area (Å²) in [6, 6.07) is 0.694. The van der Waals surface area contributed by atoms with Crippen molar-refractivity contribution in [2.75, 3.05) is 0 Å². The Morgan fingerprint density at radius 3 is 2.62 bits per heavy atom. The molecule has 0 spiro atoms. The number of hydrogen-bond acceptors (Lipinski definition) is 3. The van der Waals surface area contributed by atoms with Crippen molar-refractivity contribution in [3.05, 3.63) is 11.9 Å². The molecule has 0 unspecified atom stereocenters. The molecule has 0 atom stereocenters. The highest BCUT2D eigenvalue weighted by Crippen LogP contribution is 2.18. The molecular formula is C12H22N4. The first-order valence-corrected chi connectivity index (χ1v) is 6.21. The molecule has 1 aromatic rings. The summed E-state index contributed by atoms with van der Waals surface area (Å²) in [6.45, 7) is 7.25. The Morgan fingerprint density at radius 2 is 2.06 bits per heavy atom. The molecule has 0 saturated heterocycles. The summed E-state index contributed by atoms with van der Waals surface area (Å²) in [5.41, 5.74) is 1.07. The molecule has 1 N–H and O–H groups in total. The van der Waals surface area contributed by atoms with Gasteiger partial charge >= 0.3 is 0 Å². The van der Waals surface area contributed by atoms with Crippen LogP contribution in [0.5, 0.6) is 0 Å². The van der Waals surface area contributed by atoms with Crippen LogP contribution >= 0.6 is 0 Å². The normalized spacial score (nSPS) is 18.2. The Morgan fingerprint density at radius 1 is 1.38 bits per heavy atom. The number of nitrogens with zero attached hydrogens (tertiary/aromatic N) is 3. The lowest BCUT2D eigenvalue weighted by atomic mass is 10.1. The molecule has 0 radical (unpaired) electrons. The lowest BCUT2D eigenvalue weighted by Crippen LogP contribution is -2.25. The fraction of sp³-hybridized carbons (Fsp3) is 0.833. The molecular weight excluding hydrogens is 200 g/mol. The van der Waals surface area contributed by atoms with Gasteiger partial charge in [-0.1, -0.05) is 18.1 Å². The van der Waals surface area contributed by atoms with Gasteiger partial charge in [-0.05, 0) is 33.6 Å². The van der Waals surface area contributed by atoms with Crippen LogP contribution in [0, 0.1) is 0 Å². The minimum atomic E-state index is 0.0264. The van der Waals surface area contributed by atoms with Gasteiger partial charge in [0.1, 0.15) is 0 Å². The number of aromatic nitrogens is 3. The van der Waals surface area contributed by atoms with E-state index < -0.39 is 0 Å². The lowest BCUT2D eigenvalue weighted by molar-refractivity contribution is 0.347. The molecule has 1 aliphatic carbocycles. The summed E-state index contributed by atoms with van der Waals surface area (Å²) in [4.78, 5) is 0. The Hall–Kier alpha value is -0.900. The highest BCUT2D eigenvalue weighted by Gasteiger charge is 2.17. The smallest absolute Gasteiger partial charge is 0.0965 e. The van der Waals surface area contributed by atoms with Crippen LogP contribution in [0.15, 0.2) is 6.20 Å². The maximum Gasteiger partial charge on any atom is 0.0965 e. The van der Waals surface area contributed by atoms with Crippen molar-refractivity contribution in [3.63, 3.8) is 0 Å². The Balaban J connectivity index is 1.87. The second kappa shape index (κ2) is 4.53. The molecule has 16 heavy (non-hydrogen) atoms. The van der Waals surface area contributed by atoms with Gasteiger partial charge in [-0.2, -0.15) is 0 Å². The van der Waals surface area contributed by atoms with Crippen LogP contribution in [-0.2, 0) is 12.1 Å².